The van der Waals surface area contributed by atoms with E-state index < -0.39 is 4.92 Å². The maximum atomic E-state index is 11.0. The van der Waals surface area contributed by atoms with Gasteiger partial charge in [-0.1, -0.05) is 11.6 Å². The van der Waals surface area contributed by atoms with Crippen LogP contribution in [0.5, 0.6) is 0 Å². The minimum atomic E-state index is -0.496. The van der Waals surface area contributed by atoms with E-state index in [1.807, 2.05) is 9.80 Å². The Labute approximate surface area is 120 Å². The van der Waals surface area contributed by atoms with Crippen LogP contribution in [-0.4, -0.2) is 53.4 Å². The Kier molecular flexibility index (Phi) is 4.35. The van der Waals surface area contributed by atoms with E-state index in [9.17, 15) is 14.9 Å². The highest BCUT2D eigenvalue weighted by molar-refractivity contribution is 6.30. The first kappa shape index (κ1) is 14.5. The van der Waals surface area contributed by atoms with E-state index in [2.05, 4.69) is 4.98 Å². The molecule has 9 heteroatoms. The summed E-state index contributed by atoms with van der Waals surface area (Å²) in [5.74, 6) is -0.0767. The Bertz CT molecular complexity index is 531. The van der Waals surface area contributed by atoms with E-state index in [4.69, 9.17) is 17.3 Å². The molecule has 2 N–H and O–H groups in total. The van der Waals surface area contributed by atoms with Crippen LogP contribution in [-0.2, 0) is 4.79 Å². The number of amides is 1. The van der Waals surface area contributed by atoms with Gasteiger partial charge in [-0.15, -0.1) is 0 Å². The fourth-order valence-electron chi connectivity index (χ4n) is 2.14. The van der Waals surface area contributed by atoms with Crippen LogP contribution >= 0.6 is 11.6 Å². The number of pyridine rings is 1. The van der Waals surface area contributed by atoms with Crippen molar-refractivity contribution >= 4 is 29.0 Å². The molecular weight excluding hydrogens is 286 g/mol. The number of hydrogen-bond donors (Lipinski definition) is 1. The Balaban J connectivity index is 2.11. The van der Waals surface area contributed by atoms with Gasteiger partial charge in [-0.2, -0.15) is 0 Å². The number of carbonyl (C=O) groups excluding carboxylic acids is 1. The first-order valence-electron chi connectivity index (χ1n) is 6.03. The lowest BCUT2D eigenvalue weighted by atomic mass is 10.3. The molecular formula is C11H14ClN5O3. The number of anilines is 1. The monoisotopic (exact) mass is 299 g/mol. The third kappa shape index (κ3) is 3.34. The standard InChI is InChI=1S/C11H14ClN5O3/c12-8-5-9(17(19)20)11(14-6-8)16-3-1-15(2-4-16)7-10(13)18/h5-6H,1-4,7H2,(H2,13,18). The van der Waals surface area contributed by atoms with Crippen LogP contribution in [0.1, 0.15) is 0 Å². The summed E-state index contributed by atoms with van der Waals surface area (Å²) in [6.45, 7) is 2.49. The van der Waals surface area contributed by atoms with Crippen LogP contribution in [0.3, 0.4) is 0 Å². The number of halogens is 1. The van der Waals surface area contributed by atoms with E-state index in [0.717, 1.165) is 0 Å². The van der Waals surface area contributed by atoms with Crippen LogP contribution < -0.4 is 10.6 Å². The number of primary amides is 1. The summed E-state index contributed by atoms with van der Waals surface area (Å²) < 4.78 is 0. The van der Waals surface area contributed by atoms with Crippen molar-refractivity contribution in [2.45, 2.75) is 0 Å². The molecule has 108 valence electrons. The second kappa shape index (κ2) is 6.02. The van der Waals surface area contributed by atoms with Crippen LogP contribution in [0.2, 0.25) is 5.02 Å². The quantitative estimate of drug-likeness (QED) is 0.631. The number of aromatic nitrogens is 1. The van der Waals surface area contributed by atoms with Crippen LogP contribution in [0, 0.1) is 10.1 Å². The number of nitrogens with two attached hydrogens (primary N) is 1. The van der Waals surface area contributed by atoms with Gasteiger partial charge in [0.05, 0.1) is 16.5 Å². The largest absolute Gasteiger partial charge is 0.369 e. The van der Waals surface area contributed by atoms with Crippen molar-refractivity contribution in [1.29, 1.82) is 0 Å². The lowest BCUT2D eigenvalue weighted by Crippen LogP contribution is -2.49. The first-order valence-corrected chi connectivity index (χ1v) is 6.40. The van der Waals surface area contributed by atoms with Gasteiger partial charge in [0.2, 0.25) is 11.7 Å². The van der Waals surface area contributed by atoms with Crippen molar-refractivity contribution in [2.24, 2.45) is 5.73 Å². The number of rotatable bonds is 4. The molecule has 2 rings (SSSR count). The molecule has 0 atom stereocenters. The molecule has 1 aromatic heterocycles. The van der Waals surface area contributed by atoms with Gasteiger partial charge in [0.25, 0.3) is 0 Å². The summed E-state index contributed by atoms with van der Waals surface area (Å²) in [5.41, 5.74) is 5.03. The highest BCUT2D eigenvalue weighted by Crippen LogP contribution is 2.28. The lowest BCUT2D eigenvalue weighted by Gasteiger charge is -2.34. The molecule has 0 unspecified atom stereocenters. The highest BCUT2D eigenvalue weighted by atomic mass is 35.5. The smallest absolute Gasteiger partial charge is 0.313 e. The second-order valence-corrected chi connectivity index (χ2v) is 4.92. The number of piperazine rings is 1. The van der Waals surface area contributed by atoms with Crippen LogP contribution in [0.4, 0.5) is 11.5 Å². The summed E-state index contributed by atoms with van der Waals surface area (Å²) >= 11 is 5.74. The normalized spacial score (nSPS) is 16.1. The Morgan fingerprint density at radius 2 is 2.10 bits per heavy atom. The predicted molar refractivity (Wildman–Crippen MR) is 73.7 cm³/mol. The molecule has 0 bridgehead atoms. The summed E-state index contributed by atoms with van der Waals surface area (Å²) in [6, 6.07) is 1.29. The first-order chi connectivity index (χ1) is 9.47. The molecule has 1 aliphatic rings. The van der Waals surface area contributed by atoms with Gasteiger partial charge in [-0.05, 0) is 0 Å². The Morgan fingerprint density at radius 3 is 2.65 bits per heavy atom. The molecule has 20 heavy (non-hydrogen) atoms. The van der Waals surface area contributed by atoms with Gasteiger partial charge < -0.3 is 10.6 Å². The molecule has 2 heterocycles. The van der Waals surface area contributed by atoms with Gasteiger partial charge in [0.15, 0.2) is 0 Å². The molecule has 1 fully saturated rings. The maximum Gasteiger partial charge on any atom is 0.313 e. The highest BCUT2D eigenvalue weighted by Gasteiger charge is 2.25. The summed E-state index contributed by atoms with van der Waals surface area (Å²) in [4.78, 5) is 29.2. The van der Waals surface area contributed by atoms with Gasteiger partial charge in [-0.3, -0.25) is 19.8 Å². The molecule has 0 spiro atoms. The topological polar surface area (TPSA) is 106 Å². The maximum absolute atomic E-state index is 11.0. The molecule has 1 saturated heterocycles. The van der Waals surface area contributed by atoms with Crippen molar-refractivity contribution < 1.29 is 9.72 Å². The Morgan fingerprint density at radius 1 is 1.45 bits per heavy atom. The average molecular weight is 300 g/mol. The molecule has 0 aliphatic carbocycles. The minimum Gasteiger partial charge on any atom is -0.369 e. The molecule has 1 aliphatic heterocycles. The SMILES string of the molecule is NC(=O)CN1CCN(c2ncc(Cl)cc2[N+](=O)[O-])CC1. The molecule has 1 aromatic rings. The van der Waals surface area contributed by atoms with Gasteiger partial charge in [0, 0.05) is 38.4 Å². The van der Waals surface area contributed by atoms with Crippen molar-refractivity contribution in [2.75, 3.05) is 37.6 Å². The van der Waals surface area contributed by atoms with Crippen LogP contribution in [0.15, 0.2) is 12.3 Å². The van der Waals surface area contributed by atoms with Crippen molar-refractivity contribution in [1.82, 2.24) is 9.88 Å². The molecule has 1 amide bonds. The van der Waals surface area contributed by atoms with E-state index in [1.54, 1.807) is 0 Å². The zero-order chi connectivity index (χ0) is 14.7. The van der Waals surface area contributed by atoms with Gasteiger partial charge >= 0.3 is 5.69 Å². The third-order valence-electron chi connectivity index (χ3n) is 3.06. The summed E-state index contributed by atoms with van der Waals surface area (Å²) in [5, 5.41) is 11.3. The zero-order valence-electron chi connectivity index (χ0n) is 10.7. The molecule has 0 aromatic carbocycles. The number of nitrogens with zero attached hydrogens (tertiary/aromatic N) is 4. The summed E-state index contributed by atoms with van der Waals surface area (Å²) in [6.07, 6.45) is 1.39. The van der Waals surface area contributed by atoms with E-state index >= 15 is 0 Å². The molecule has 8 nitrogen and oxygen atoms in total. The average Bonchev–Trinajstić information content (AvgIpc) is 2.39. The number of carbonyl (C=O) groups is 1. The van der Waals surface area contributed by atoms with Gasteiger partial charge in [-0.25, -0.2) is 4.98 Å². The second-order valence-electron chi connectivity index (χ2n) is 4.48. The fourth-order valence-corrected chi connectivity index (χ4v) is 2.29. The Hall–Kier alpha value is -1.93. The number of nitro groups is 1. The lowest BCUT2D eigenvalue weighted by molar-refractivity contribution is -0.384. The molecule has 0 saturated carbocycles. The third-order valence-corrected chi connectivity index (χ3v) is 3.27. The van der Waals surface area contributed by atoms with Crippen molar-refractivity contribution in [3.8, 4) is 0 Å². The number of hydrogen-bond acceptors (Lipinski definition) is 6. The minimum absolute atomic E-state index is 0.110. The van der Waals surface area contributed by atoms with Crippen molar-refractivity contribution in [3.05, 3.63) is 27.4 Å². The van der Waals surface area contributed by atoms with E-state index in [1.165, 1.54) is 12.3 Å². The molecule has 0 radical (unpaired) electrons. The van der Waals surface area contributed by atoms with Crippen LogP contribution in [0.25, 0.3) is 0 Å². The fraction of sp³-hybridized carbons (Fsp3) is 0.455. The van der Waals surface area contributed by atoms with Crippen molar-refractivity contribution in [3.63, 3.8) is 0 Å². The summed E-state index contributed by atoms with van der Waals surface area (Å²) in [7, 11) is 0. The predicted octanol–water partition coefficient (Wildman–Crippen LogP) is 0.251. The van der Waals surface area contributed by atoms with Gasteiger partial charge in [0.1, 0.15) is 0 Å². The van der Waals surface area contributed by atoms with E-state index in [0.29, 0.717) is 32.0 Å². The van der Waals surface area contributed by atoms with E-state index in [-0.39, 0.29) is 23.2 Å². The zero-order valence-corrected chi connectivity index (χ0v) is 11.4.